The van der Waals surface area contributed by atoms with Gasteiger partial charge in [-0.15, -0.1) is 0 Å². The minimum Gasteiger partial charge on any atom is -0.480 e. The predicted octanol–water partition coefficient (Wildman–Crippen LogP) is -2.09. The van der Waals surface area contributed by atoms with Gasteiger partial charge in [0.1, 0.15) is 18.1 Å². The molecule has 0 aromatic heterocycles. The molecule has 0 unspecified atom stereocenters. The van der Waals surface area contributed by atoms with E-state index in [9.17, 15) is 29.1 Å². The smallest absolute Gasteiger partial charge is 0.326 e. The standard InChI is InChI=1S/C17H29N5O6/c1-9(2)14(16(26)22-7-3-4-11(22)17(27)28)21-15(25)10(5-6-12(19)23)20-13(24)8-18/h9-11,14H,3-8,18H2,1-2H3,(H2,19,23)(H,20,24)(H,21,25)(H,27,28)/t10-,11-,14-/m0/s1. The highest BCUT2D eigenvalue weighted by atomic mass is 16.4. The summed E-state index contributed by atoms with van der Waals surface area (Å²) in [6.07, 6.45) is 0.729. The number of rotatable bonds is 10. The zero-order valence-corrected chi connectivity index (χ0v) is 16.1. The Hall–Kier alpha value is -2.69. The molecule has 11 nitrogen and oxygen atoms in total. The van der Waals surface area contributed by atoms with Crippen molar-refractivity contribution >= 4 is 29.6 Å². The number of carbonyl (C=O) groups excluding carboxylic acids is 4. The topological polar surface area (TPSA) is 185 Å². The molecule has 0 aromatic carbocycles. The number of carbonyl (C=O) groups is 5. The van der Waals surface area contributed by atoms with E-state index in [2.05, 4.69) is 10.6 Å². The van der Waals surface area contributed by atoms with Crippen molar-refractivity contribution in [2.45, 2.75) is 57.7 Å². The van der Waals surface area contributed by atoms with Gasteiger partial charge >= 0.3 is 5.97 Å². The summed E-state index contributed by atoms with van der Waals surface area (Å²) in [5, 5.41) is 14.3. The lowest BCUT2D eigenvalue weighted by Gasteiger charge is -2.30. The van der Waals surface area contributed by atoms with Crippen LogP contribution in [0, 0.1) is 5.92 Å². The average Bonchev–Trinajstić information content (AvgIpc) is 3.11. The molecule has 0 bridgehead atoms. The van der Waals surface area contributed by atoms with Crippen molar-refractivity contribution in [2.24, 2.45) is 17.4 Å². The molecule has 158 valence electrons. The number of hydrogen-bond donors (Lipinski definition) is 5. The Morgan fingerprint density at radius 2 is 1.82 bits per heavy atom. The number of carboxylic acid groups (broad SMARTS) is 1. The van der Waals surface area contributed by atoms with Gasteiger partial charge in [0.05, 0.1) is 6.54 Å². The van der Waals surface area contributed by atoms with Crippen LogP contribution in [-0.4, -0.2) is 70.8 Å². The number of hydrogen-bond acceptors (Lipinski definition) is 6. The molecule has 1 fully saturated rings. The van der Waals surface area contributed by atoms with Crippen LogP contribution in [0.3, 0.4) is 0 Å². The summed E-state index contributed by atoms with van der Waals surface area (Å²) in [6, 6.07) is -2.99. The minimum absolute atomic E-state index is 0.0482. The summed E-state index contributed by atoms with van der Waals surface area (Å²) in [5.41, 5.74) is 10.4. The van der Waals surface area contributed by atoms with Crippen molar-refractivity contribution < 1.29 is 29.1 Å². The highest BCUT2D eigenvalue weighted by molar-refractivity contribution is 5.94. The largest absolute Gasteiger partial charge is 0.480 e. The molecule has 1 heterocycles. The molecular weight excluding hydrogens is 370 g/mol. The minimum atomic E-state index is -1.09. The molecule has 4 amide bonds. The van der Waals surface area contributed by atoms with E-state index in [0.717, 1.165) is 0 Å². The molecule has 0 radical (unpaired) electrons. The maximum absolute atomic E-state index is 12.9. The van der Waals surface area contributed by atoms with E-state index in [1.54, 1.807) is 13.8 Å². The van der Waals surface area contributed by atoms with Crippen LogP contribution in [0.15, 0.2) is 0 Å². The van der Waals surface area contributed by atoms with Crippen LogP contribution in [0.1, 0.15) is 39.5 Å². The zero-order valence-electron chi connectivity index (χ0n) is 16.1. The highest BCUT2D eigenvalue weighted by Crippen LogP contribution is 2.20. The van der Waals surface area contributed by atoms with Crippen LogP contribution >= 0.6 is 0 Å². The first-order chi connectivity index (χ1) is 13.1. The number of primary amides is 1. The molecule has 1 saturated heterocycles. The van der Waals surface area contributed by atoms with Gasteiger partial charge < -0.3 is 32.1 Å². The van der Waals surface area contributed by atoms with E-state index < -0.39 is 47.7 Å². The summed E-state index contributed by atoms with van der Waals surface area (Å²) < 4.78 is 0. The molecule has 1 aliphatic rings. The number of likely N-dealkylation sites (tertiary alicyclic amines) is 1. The fourth-order valence-corrected chi connectivity index (χ4v) is 3.04. The van der Waals surface area contributed by atoms with Crippen molar-refractivity contribution in [3.05, 3.63) is 0 Å². The normalized spacial score (nSPS) is 18.4. The third-order valence-electron chi connectivity index (χ3n) is 4.57. The van der Waals surface area contributed by atoms with Crippen LogP contribution in [-0.2, 0) is 24.0 Å². The molecule has 28 heavy (non-hydrogen) atoms. The van der Waals surface area contributed by atoms with Crippen LogP contribution in [0.2, 0.25) is 0 Å². The summed E-state index contributed by atoms with van der Waals surface area (Å²) in [6.45, 7) is 3.38. The molecule has 3 atom stereocenters. The highest BCUT2D eigenvalue weighted by Gasteiger charge is 2.39. The Bertz CT molecular complexity index is 623. The average molecular weight is 399 g/mol. The number of aliphatic carboxylic acids is 1. The van der Waals surface area contributed by atoms with Gasteiger partial charge in [0.25, 0.3) is 0 Å². The summed E-state index contributed by atoms with van der Waals surface area (Å²) in [7, 11) is 0. The number of amides is 4. The van der Waals surface area contributed by atoms with Crippen molar-refractivity contribution in [3.63, 3.8) is 0 Å². The van der Waals surface area contributed by atoms with E-state index in [1.807, 2.05) is 0 Å². The van der Waals surface area contributed by atoms with Gasteiger partial charge in [-0.3, -0.25) is 19.2 Å². The van der Waals surface area contributed by atoms with Gasteiger partial charge in [0.2, 0.25) is 23.6 Å². The second-order valence-corrected chi connectivity index (χ2v) is 7.09. The van der Waals surface area contributed by atoms with E-state index in [-0.39, 0.29) is 25.3 Å². The first-order valence-electron chi connectivity index (χ1n) is 9.19. The quantitative estimate of drug-likeness (QED) is 0.279. The van der Waals surface area contributed by atoms with E-state index in [4.69, 9.17) is 11.5 Å². The number of nitrogens with one attached hydrogen (secondary N) is 2. The maximum Gasteiger partial charge on any atom is 0.326 e. The summed E-state index contributed by atoms with van der Waals surface area (Å²) in [5.74, 6) is -3.81. The molecule has 0 spiro atoms. The molecule has 0 aromatic rings. The summed E-state index contributed by atoms with van der Waals surface area (Å²) in [4.78, 5) is 60.7. The van der Waals surface area contributed by atoms with Gasteiger partial charge in [-0.05, 0) is 25.2 Å². The van der Waals surface area contributed by atoms with E-state index >= 15 is 0 Å². The lowest BCUT2D eigenvalue weighted by Crippen LogP contribution is -2.57. The van der Waals surface area contributed by atoms with Gasteiger partial charge in [-0.1, -0.05) is 13.8 Å². The summed E-state index contributed by atoms with van der Waals surface area (Å²) >= 11 is 0. The van der Waals surface area contributed by atoms with Crippen molar-refractivity contribution in [2.75, 3.05) is 13.1 Å². The molecule has 1 rings (SSSR count). The molecule has 11 heteroatoms. The van der Waals surface area contributed by atoms with Gasteiger partial charge in [-0.25, -0.2) is 4.79 Å². The Morgan fingerprint density at radius 3 is 2.32 bits per heavy atom. The second-order valence-electron chi connectivity index (χ2n) is 7.09. The Labute approximate surface area is 163 Å². The van der Waals surface area contributed by atoms with Crippen LogP contribution in [0.5, 0.6) is 0 Å². The number of nitrogens with two attached hydrogens (primary N) is 2. The van der Waals surface area contributed by atoms with Crippen molar-refractivity contribution in [3.8, 4) is 0 Å². The van der Waals surface area contributed by atoms with E-state index in [1.165, 1.54) is 4.90 Å². The first kappa shape index (κ1) is 23.3. The zero-order chi connectivity index (χ0) is 21.4. The van der Waals surface area contributed by atoms with Gasteiger partial charge in [0.15, 0.2) is 0 Å². The lowest BCUT2D eigenvalue weighted by atomic mass is 10.0. The predicted molar refractivity (Wildman–Crippen MR) is 98.6 cm³/mol. The van der Waals surface area contributed by atoms with Gasteiger partial charge in [0, 0.05) is 13.0 Å². The SMILES string of the molecule is CC(C)[C@H](NC(=O)[C@H](CCC(N)=O)NC(=O)CN)C(=O)N1CCC[C@H]1C(=O)O. The maximum atomic E-state index is 12.9. The van der Waals surface area contributed by atoms with Crippen molar-refractivity contribution in [1.29, 1.82) is 0 Å². The van der Waals surface area contributed by atoms with Crippen molar-refractivity contribution in [1.82, 2.24) is 15.5 Å². The van der Waals surface area contributed by atoms with Crippen LogP contribution in [0.4, 0.5) is 0 Å². The lowest BCUT2D eigenvalue weighted by molar-refractivity contribution is -0.150. The number of nitrogens with zero attached hydrogens (tertiary/aromatic N) is 1. The molecule has 1 aliphatic heterocycles. The van der Waals surface area contributed by atoms with Crippen LogP contribution < -0.4 is 22.1 Å². The fourth-order valence-electron chi connectivity index (χ4n) is 3.04. The monoisotopic (exact) mass is 399 g/mol. The Balaban J connectivity index is 2.92. The molecule has 7 N–H and O–H groups in total. The Kier molecular flexibility index (Phi) is 8.83. The second kappa shape index (κ2) is 10.6. The Morgan fingerprint density at radius 1 is 1.18 bits per heavy atom. The van der Waals surface area contributed by atoms with Crippen LogP contribution in [0.25, 0.3) is 0 Å². The third-order valence-corrected chi connectivity index (χ3v) is 4.57. The third kappa shape index (κ3) is 6.48. The molecular formula is C17H29N5O6. The van der Waals surface area contributed by atoms with E-state index in [0.29, 0.717) is 19.4 Å². The molecule has 0 saturated carbocycles. The number of carboxylic acids is 1. The first-order valence-corrected chi connectivity index (χ1v) is 9.19. The fraction of sp³-hybridized carbons (Fsp3) is 0.706. The molecule has 0 aliphatic carbocycles. The van der Waals surface area contributed by atoms with Gasteiger partial charge in [-0.2, -0.15) is 0 Å².